The molecule has 0 saturated carbocycles. The Kier molecular flexibility index (Phi) is 4.28. The lowest BCUT2D eigenvalue weighted by atomic mass is 10.2. The van der Waals surface area contributed by atoms with Crippen LogP contribution in [0.15, 0.2) is 54.9 Å². The second-order valence-electron chi connectivity index (χ2n) is 5.42. The smallest absolute Gasteiger partial charge is 0.274 e. The van der Waals surface area contributed by atoms with Crippen molar-refractivity contribution in [3.8, 4) is 11.5 Å². The molecule has 4 rings (SSSR count). The monoisotopic (exact) mass is 368 g/mol. The summed E-state index contributed by atoms with van der Waals surface area (Å²) in [6, 6.07) is 14.0. The van der Waals surface area contributed by atoms with Crippen LogP contribution >= 0.6 is 11.6 Å². The maximum atomic E-state index is 12.5. The molecule has 1 aromatic heterocycles. The lowest BCUT2D eigenvalue weighted by Crippen LogP contribution is -2.14. The molecule has 0 atom stereocenters. The first-order chi connectivity index (χ1) is 12.7. The number of fused-ring (bicyclic) bond motifs is 1. The second-order valence-corrected chi connectivity index (χ2v) is 5.82. The molecule has 0 saturated heterocycles. The number of rotatable bonds is 4. The zero-order valence-electron chi connectivity index (χ0n) is 13.4. The van der Waals surface area contributed by atoms with E-state index in [-0.39, 0.29) is 18.4 Å². The Hall–Kier alpha value is -3.32. The van der Waals surface area contributed by atoms with Crippen LogP contribution in [0.5, 0.6) is 11.5 Å². The summed E-state index contributed by atoms with van der Waals surface area (Å²) in [4.78, 5) is 20.6. The number of nitrogens with zero attached hydrogens (tertiary/aromatic N) is 2. The predicted molar refractivity (Wildman–Crippen MR) is 97.3 cm³/mol. The van der Waals surface area contributed by atoms with Crippen molar-refractivity contribution in [2.24, 2.45) is 0 Å². The third-order valence-corrected chi connectivity index (χ3v) is 4.00. The molecular formula is C18H13ClN4O3. The molecule has 3 aromatic rings. The number of amides is 1. The van der Waals surface area contributed by atoms with Crippen molar-refractivity contribution in [3.05, 3.63) is 65.6 Å². The number of carbonyl (C=O) groups excluding carboxylic acids is 1. The molecule has 8 heteroatoms. The van der Waals surface area contributed by atoms with Gasteiger partial charge in [0, 0.05) is 17.8 Å². The van der Waals surface area contributed by atoms with Gasteiger partial charge in [0.05, 0.1) is 10.7 Å². The second kappa shape index (κ2) is 6.89. The first kappa shape index (κ1) is 16.2. The number of benzene rings is 2. The molecule has 2 N–H and O–H groups in total. The Morgan fingerprint density at radius 2 is 1.88 bits per heavy atom. The summed E-state index contributed by atoms with van der Waals surface area (Å²) in [5.74, 6) is 1.33. The van der Waals surface area contributed by atoms with Gasteiger partial charge in [0.2, 0.25) is 6.79 Å². The van der Waals surface area contributed by atoms with Gasteiger partial charge >= 0.3 is 0 Å². The predicted octanol–water partition coefficient (Wildman–Crippen LogP) is 3.85. The Morgan fingerprint density at radius 1 is 1.04 bits per heavy atom. The number of hydrogen-bond acceptors (Lipinski definition) is 6. The number of halogens is 1. The highest BCUT2D eigenvalue weighted by atomic mass is 35.5. The Labute approximate surface area is 154 Å². The Balaban J connectivity index is 1.51. The van der Waals surface area contributed by atoms with Crippen LogP contribution in [0.4, 0.5) is 17.2 Å². The van der Waals surface area contributed by atoms with Gasteiger partial charge in [-0.15, -0.1) is 0 Å². The minimum Gasteiger partial charge on any atom is -0.454 e. The lowest BCUT2D eigenvalue weighted by Gasteiger charge is -2.09. The van der Waals surface area contributed by atoms with E-state index in [2.05, 4.69) is 20.6 Å². The van der Waals surface area contributed by atoms with Crippen molar-refractivity contribution in [3.63, 3.8) is 0 Å². The van der Waals surface area contributed by atoms with Crippen molar-refractivity contribution in [1.29, 1.82) is 0 Å². The van der Waals surface area contributed by atoms with E-state index in [0.29, 0.717) is 33.7 Å². The quantitative estimate of drug-likeness (QED) is 0.727. The van der Waals surface area contributed by atoms with Gasteiger partial charge in [-0.3, -0.25) is 4.79 Å². The van der Waals surface area contributed by atoms with Gasteiger partial charge in [-0.2, -0.15) is 0 Å². The summed E-state index contributed by atoms with van der Waals surface area (Å²) in [5, 5.41) is 6.39. The standard InChI is InChI=1S/C18H13ClN4O3/c19-12-3-1-2-4-13(12)23-17-8-14(20-9-21-17)18(24)22-11-5-6-15-16(7-11)26-10-25-15/h1-9H,10H2,(H,22,24)(H,20,21,23). The van der Waals surface area contributed by atoms with Crippen LogP contribution in [0, 0.1) is 0 Å². The van der Waals surface area contributed by atoms with Crippen LogP contribution in [0.25, 0.3) is 0 Å². The van der Waals surface area contributed by atoms with Gasteiger partial charge < -0.3 is 20.1 Å². The molecule has 1 amide bonds. The summed E-state index contributed by atoms with van der Waals surface area (Å²) >= 11 is 6.12. The SMILES string of the molecule is O=C(Nc1ccc2c(c1)OCO2)c1cc(Nc2ccccc2Cl)ncn1. The van der Waals surface area contributed by atoms with E-state index in [1.54, 1.807) is 30.3 Å². The highest BCUT2D eigenvalue weighted by molar-refractivity contribution is 6.33. The highest BCUT2D eigenvalue weighted by Crippen LogP contribution is 2.34. The number of para-hydroxylation sites is 1. The molecule has 26 heavy (non-hydrogen) atoms. The van der Waals surface area contributed by atoms with E-state index in [0.717, 1.165) is 0 Å². The van der Waals surface area contributed by atoms with Crippen LogP contribution in [0.2, 0.25) is 5.02 Å². The number of carbonyl (C=O) groups is 1. The molecule has 1 aliphatic rings. The summed E-state index contributed by atoms with van der Waals surface area (Å²) in [5.41, 5.74) is 1.49. The summed E-state index contributed by atoms with van der Waals surface area (Å²) < 4.78 is 10.6. The van der Waals surface area contributed by atoms with E-state index < -0.39 is 0 Å². The minimum atomic E-state index is -0.367. The number of anilines is 3. The lowest BCUT2D eigenvalue weighted by molar-refractivity contribution is 0.102. The van der Waals surface area contributed by atoms with Gasteiger partial charge in [-0.25, -0.2) is 9.97 Å². The van der Waals surface area contributed by atoms with E-state index in [4.69, 9.17) is 21.1 Å². The Bertz CT molecular complexity index is 980. The molecule has 0 spiro atoms. The highest BCUT2D eigenvalue weighted by Gasteiger charge is 2.15. The maximum absolute atomic E-state index is 12.5. The fourth-order valence-corrected chi connectivity index (χ4v) is 2.60. The van der Waals surface area contributed by atoms with Crippen LogP contribution in [0.1, 0.15) is 10.5 Å². The van der Waals surface area contributed by atoms with E-state index in [9.17, 15) is 4.79 Å². The maximum Gasteiger partial charge on any atom is 0.274 e. The first-order valence-corrected chi connectivity index (χ1v) is 8.11. The molecule has 0 unspecified atom stereocenters. The van der Waals surface area contributed by atoms with Crippen molar-refractivity contribution in [2.45, 2.75) is 0 Å². The topological polar surface area (TPSA) is 85.4 Å². The van der Waals surface area contributed by atoms with Gasteiger partial charge in [0.15, 0.2) is 11.5 Å². The van der Waals surface area contributed by atoms with E-state index in [1.807, 2.05) is 18.2 Å². The van der Waals surface area contributed by atoms with Gasteiger partial charge in [0.1, 0.15) is 17.8 Å². The fraction of sp³-hybridized carbons (Fsp3) is 0.0556. The molecule has 2 heterocycles. The number of nitrogens with one attached hydrogen (secondary N) is 2. The number of aromatic nitrogens is 2. The zero-order chi connectivity index (χ0) is 17.9. The summed E-state index contributed by atoms with van der Waals surface area (Å²) in [6.45, 7) is 0.176. The third kappa shape index (κ3) is 3.38. The average molecular weight is 369 g/mol. The molecule has 0 fully saturated rings. The normalized spacial score (nSPS) is 11.9. The van der Waals surface area contributed by atoms with Gasteiger partial charge in [-0.1, -0.05) is 23.7 Å². The molecular weight excluding hydrogens is 356 g/mol. The van der Waals surface area contributed by atoms with Crippen molar-refractivity contribution in [2.75, 3.05) is 17.4 Å². The van der Waals surface area contributed by atoms with Crippen LogP contribution in [0.3, 0.4) is 0 Å². The van der Waals surface area contributed by atoms with Crippen molar-refractivity contribution < 1.29 is 14.3 Å². The molecule has 2 aromatic carbocycles. The molecule has 0 radical (unpaired) electrons. The zero-order valence-corrected chi connectivity index (χ0v) is 14.2. The van der Waals surface area contributed by atoms with Crippen molar-refractivity contribution >= 4 is 34.7 Å². The minimum absolute atomic E-state index is 0.176. The molecule has 0 aliphatic carbocycles. The molecule has 7 nitrogen and oxygen atoms in total. The molecule has 1 aliphatic heterocycles. The Morgan fingerprint density at radius 3 is 2.77 bits per heavy atom. The van der Waals surface area contributed by atoms with Crippen LogP contribution in [-0.4, -0.2) is 22.7 Å². The third-order valence-electron chi connectivity index (χ3n) is 3.67. The van der Waals surface area contributed by atoms with Crippen molar-refractivity contribution in [1.82, 2.24) is 9.97 Å². The van der Waals surface area contributed by atoms with E-state index >= 15 is 0 Å². The molecule has 130 valence electrons. The van der Waals surface area contributed by atoms with Gasteiger partial charge in [-0.05, 0) is 24.3 Å². The van der Waals surface area contributed by atoms with E-state index in [1.165, 1.54) is 6.33 Å². The van der Waals surface area contributed by atoms with Gasteiger partial charge in [0.25, 0.3) is 5.91 Å². The largest absolute Gasteiger partial charge is 0.454 e. The average Bonchev–Trinajstić information content (AvgIpc) is 3.12. The summed E-state index contributed by atoms with van der Waals surface area (Å²) in [7, 11) is 0. The first-order valence-electron chi connectivity index (χ1n) is 7.74. The summed E-state index contributed by atoms with van der Waals surface area (Å²) in [6.07, 6.45) is 1.31. The number of ether oxygens (including phenoxy) is 2. The fourth-order valence-electron chi connectivity index (χ4n) is 2.42. The molecule has 0 bridgehead atoms. The van der Waals surface area contributed by atoms with Crippen LogP contribution in [-0.2, 0) is 0 Å². The number of hydrogen-bond donors (Lipinski definition) is 2. The van der Waals surface area contributed by atoms with Crippen LogP contribution < -0.4 is 20.1 Å².